The Bertz CT molecular complexity index is 590. The highest BCUT2D eigenvalue weighted by molar-refractivity contribution is 9.10. The van der Waals surface area contributed by atoms with Crippen molar-refractivity contribution in [3.63, 3.8) is 0 Å². The maximum atomic E-state index is 13.0. The molecule has 2 nitrogen and oxygen atoms in total. The standard InChI is InChI=1S/C14H12BrF2NO/c1-19-14-5-3-10(7-11(14)15)18-8-9-2-4-12(16)13(17)6-9/h2-7,18H,8H2,1H3. The molecule has 1 N–H and O–H groups in total. The van der Waals surface area contributed by atoms with Crippen LogP contribution in [-0.4, -0.2) is 7.11 Å². The fraction of sp³-hybridized carbons (Fsp3) is 0.143. The number of methoxy groups -OCH3 is 1. The molecule has 0 aliphatic rings. The van der Waals surface area contributed by atoms with E-state index in [1.807, 2.05) is 18.2 Å². The Morgan fingerprint density at radius 3 is 2.53 bits per heavy atom. The Kier molecular flexibility index (Phi) is 4.37. The van der Waals surface area contributed by atoms with Gasteiger partial charge in [0, 0.05) is 12.2 Å². The number of hydrogen-bond donors (Lipinski definition) is 1. The molecule has 0 fully saturated rings. The van der Waals surface area contributed by atoms with Crippen molar-refractivity contribution in [1.29, 1.82) is 0 Å². The van der Waals surface area contributed by atoms with Crippen LogP contribution in [0.3, 0.4) is 0 Å². The van der Waals surface area contributed by atoms with Gasteiger partial charge in [-0.25, -0.2) is 8.78 Å². The highest BCUT2D eigenvalue weighted by Crippen LogP contribution is 2.27. The summed E-state index contributed by atoms with van der Waals surface area (Å²) in [5.74, 6) is -0.940. The van der Waals surface area contributed by atoms with Crippen LogP contribution in [0.4, 0.5) is 14.5 Å². The highest BCUT2D eigenvalue weighted by atomic mass is 79.9. The molecule has 2 rings (SSSR count). The average Bonchev–Trinajstić information content (AvgIpc) is 2.40. The first-order valence-electron chi connectivity index (χ1n) is 5.61. The van der Waals surface area contributed by atoms with Crippen molar-refractivity contribution >= 4 is 21.6 Å². The van der Waals surface area contributed by atoms with Gasteiger partial charge in [0.25, 0.3) is 0 Å². The largest absolute Gasteiger partial charge is 0.496 e. The van der Waals surface area contributed by atoms with Crippen molar-refractivity contribution < 1.29 is 13.5 Å². The van der Waals surface area contributed by atoms with Crippen LogP contribution >= 0.6 is 15.9 Å². The minimum Gasteiger partial charge on any atom is -0.496 e. The molecule has 100 valence electrons. The number of rotatable bonds is 4. The van der Waals surface area contributed by atoms with Gasteiger partial charge < -0.3 is 10.1 Å². The second-order valence-electron chi connectivity index (χ2n) is 3.95. The van der Waals surface area contributed by atoms with Crippen LogP contribution in [0.5, 0.6) is 5.75 Å². The second-order valence-corrected chi connectivity index (χ2v) is 4.81. The van der Waals surface area contributed by atoms with Gasteiger partial charge >= 0.3 is 0 Å². The Balaban J connectivity index is 2.05. The predicted octanol–water partition coefficient (Wildman–Crippen LogP) is 4.35. The third-order valence-corrected chi connectivity index (χ3v) is 3.25. The molecule has 0 spiro atoms. The van der Waals surface area contributed by atoms with Crippen molar-refractivity contribution in [3.05, 3.63) is 58.1 Å². The zero-order valence-electron chi connectivity index (χ0n) is 10.2. The topological polar surface area (TPSA) is 21.3 Å². The van der Waals surface area contributed by atoms with Gasteiger partial charge in [-0.3, -0.25) is 0 Å². The van der Waals surface area contributed by atoms with E-state index in [0.29, 0.717) is 12.1 Å². The van der Waals surface area contributed by atoms with Gasteiger partial charge in [-0.15, -0.1) is 0 Å². The third kappa shape index (κ3) is 3.44. The molecule has 0 aromatic heterocycles. The molecule has 0 aliphatic heterocycles. The van der Waals surface area contributed by atoms with E-state index in [9.17, 15) is 8.78 Å². The van der Waals surface area contributed by atoms with E-state index in [1.54, 1.807) is 13.2 Å². The molecule has 0 atom stereocenters. The predicted molar refractivity (Wildman–Crippen MR) is 74.4 cm³/mol. The Morgan fingerprint density at radius 1 is 1.11 bits per heavy atom. The maximum absolute atomic E-state index is 13.0. The fourth-order valence-corrected chi connectivity index (χ4v) is 2.17. The zero-order chi connectivity index (χ0) is 13.8. The number of halogens is 3. The third-order valence-electron chi connectivity index (χ3n) is 2.63. The molecular formula is C14H12BrF2NO. The zero-order valence-corrected chi connectivity index (χ0v) is 11.8. The van der Waals surface area contributed by atoms with E-state index in [0.717, 1.165) is 22.0 Å². The number of nitrogens with one attached hydrogen (secondary N) is 1. The molecule has 0 saturated heterocycles. The summed E-state index contributed by atoms with van der Waals surface area (Å²) in [6.45, 7) is 0.413. The highest BCUT2D eigenvalue weighted by Gasteiger charge is 2.04. The average molecular weight is 328 g/mol. The van der Waals surface area contributed by atoms with Crippen molar-refractivity contribution in [1.82, 2.24) is 0 Å². The number of benzene rings is 2. The summed E-state index contributed by atoms with van der Waals surface area (Å²) in [7, 11) is 1.59. The summed E-state index contributed by atoms with van der Waals surface area (Å²) >= 11 is 3.38. The molecule has 0 heterocycles. The summed E-state index contributed by atoms with van der Waals surface area (Å²) in [6, 6.07) is 9.38. The van der Waals surface area contributed by atoms with Crippen molar-refractivity contribution in [2.45, 2.75) is 6.54 Å². The lowest BCUT2D eigenvalue weighted by molar-refractivity contribution is 0.412. The van der Waals surface area contributed by atoms with Gasteiger partial charge in [0.1, 0.15) is 5.75 Å². The van der Waals surface area contributed by atoms with Crippen LogP contribution in [0.15, 0.2) is 40.9 Å². The van der Waals surface area contributed by atoms with Crippen LogP contribution < -0.4 is 10.1 Å². The van der Waals surface area contributed by atoms with Crippen molar-refractivity contribution in [2.24, 2.45) is 0 Å². The fourth-order valence-electron chi connectivity index (χ4n) is 1.63. The van der Waals surface area contributed by atoms with E-state index in [2.05, 4.69) is 21.2 Å². The van der Waals surface area contributed by atoms with Gasteiger partial charge in [0.05, 0.1) is 11.6 Å². The van der Waals surface area contributed by atoms with Crippen molar-refractivity contribution in [3.8, 4) is 5.75 Å². The van der Waals surface area contributed by atoms with E-state index < -0.39 is 11.6 Å². The summed E-state index contributed by atoms with van der Waals surface area (Å²) in [5.41, 5.74) is 1.53. The molecule has 0 aliphatic carbocycles. The van der Waals surface area contributed by atoms with Crippen LogP contribution in [0, 0.1) is 11.6 Å². The molecule has 2 aromatic carbocycles. The molecule has 0 saturated carbocycles. The van der Waals surface area contributed by atoms with Gasteiger partial charge in [0.15, 0.2) is 11.6 Å². The quantitative estimate of drug-likeness (QED) is 0.901. The number of hydrogen-bond acceptors (Lipinski definition) is 2. The Morgan fingerprint density at radius 2 is 1.89 bits per heavy atom. The maximum Gasteiger partial charge on any atom is 0.159 e. The molecule has 0 radical (unpaired) electrons. The van der Waals surface area contributed by atoms with E-state index in [1.165, 1.54) is 6.07 Å². The van der Waals surface area contributed by atoms with Crippen LogP contribution in [0.25, 0.3) is 0 Å². The summed E-state index contributed by atoms with van der Waals surface area (Å²) < 4.78 is 31.8. The minimum atomic E-state index is -0.838. The van der Waals surface area contributed by atoms with E-state index >= 15 is 0 Å². The lowest BCUT2D eigenvalue weighted by Crippen LogP contribution is -2.00. The van der Waals surface area contributed by atoms with Gasteiger partial charge in [-0.05, 0) is 51.8 Å². The summed E-state index contributed by atoms with van der Waals surface area (Å²) in [4.78, 5) is 0. The molecule has 0 bridgehead atoms. The van der Waals surface area contributed by atoms with Gasteiger partial charge in [0.2, 0.25) is 0 Å². The smallest absolute Gasteiger partial charge is 0.159 e. The van der Waals surface area contributed by atoms with Gasteiger partial charge in [-0.1, -0.05) is 6.07 Å². The normalized spacial score (nSPS) is 10.3. The summed E-state index contributed by atoms with van der Waals surface area (Å²) in [6.07, 6.45) is 0. The number of ether oxygens (including phenoxy) is 1. The minimum absolute atomic E-state index is 0.413. The van der Waals surface area contributed by atoms with Crippen LogP contribution in [0.2, 0.25) is 0 Å². The molecule has 0 unspecified atom stereocenters. The lowest BCUT2D eigenvalue weighted by Gasteiger charge is -2.09. The first-order chi connectivity index (χ1) is 9.10. The Labute approximate surface area is 118 Å². The second kappa shape index (κ2) is 6.02. The van der Waals surface area contributed by atoms with Crippen LogP contribution in [-0.2, 0) is 6.54 Å². The molecule has 0 amide bonds. The molecule has 2 aromatic rings. The SMILES string of the molecule is COc1ccc(NCc2ccc(F)c(F)c2)cc1Br. The van der Waals surface area contributed by atoms with E-state index in [4.69, 9.17) is 4.74 Å². The van der Waals surface area contributed by atoms with E-state index in [-0.39, 0.29) is 0 Å². The Hall–Kier alpha value is -1.62. The van der Waals surface area contributed by atoms with Gasteiger partial charge in [-0.2, -0.15) is 0 Å². The van der Waals surface area contributed by atoms with Crippen LogP contribution in [0.1, 0.15) is 5.56 Å². The van der Waals surface area contributed by atoms with Crippen molar-refractivity contribution in [2.75, 3.05) is 12.4 Å². The molecular weight excluding hydrogens is 316 g/mol. The monoisotopic (exact) mass is 327 g/mol. The first kappa shape index (κ1) is 13.8. The lowest BCUT2D eigenvalue weighted by atomic mass is 10.2. The summed E-state index contributed by atoms with van der Waals surface area (Å²) in [5, 5.41) is 3.13. The number of anilines is 1. The first-order valence-corrected chi connectivity index (χ1v) is 6.41. The molecule has 19 heavy (non-hydrogen) atoms. The molecule has 5 heteroatoms.